The van der Waals surface area contributed by atoms with Gasteiger partial charge in [-0.2, -0.15) is 5.06 Å². The van der Waals surface area contributed by atoms with Crippen LogP contribution in [0.2, 0.25) is 0 Å². The number of ether oxygens (including phenoxy) is 1. The summed E-state index contributed by atoms with van der Waals surface area (Å²) in [7, 11) is 3.14. The standard InChI is InChI=1S/C34H56N4O7/c1-24(2)19-30(39)32(41)28(21-26-13-9-6-10-14-26)35-34(43)29(23-37(3)44-4)36-33(42)27(20-25-11-7-5-8-12-25)22-31(40)38-15-17-45-18-16-38/h5,7-8,11-12,24,26-30,32,39,41H,6,9-10,13-23H2,1-4H3,(H,35,43)(H,36,42)/t27-,28+,29+,30+,32-/m1/s1. The number of rotatable bonds is 17. The van der Waals surface area contributed by atoms with Gasteiger partial charge in [-0.1, -0.05) is 76.3 Å². The normalized spacial score (nSPS) is 19.5. The fourth-order valence-electron chi connectivity index (χ4n) is 6.36. The summed E-state index contributed by atoms with van der Waals surface area (Å²) >= 11 is 0. The van der Waals surface area contributed by atoms with Gasteiger partial charge in [-0.3, -0.25) is 14.4 Å². The molecule has 254 valence electrons. The molecule has 2 fully saturated rings. The first-order chi connectivity index (χ1) is 21.6. The number of morpholine rings is 1. The number of nitrogens with zero attached hydrogens (tertiary/aromatic N) is 2. The quantitative estimate of drug-likeness (QED) is 0.192. The Labute approximate surface area is 269 Å². The first-order valence-electron chi connectivity index (χ1n) is 16.7. The van der Waals surface area contributed by atoms with E-state index in [4.69, 9.17) is 9.57 Å². The van der Waals surface area contributed by atoms with Crippen molar-refractivity contribution in [2.24, 2.45) is 17.8 Å². The highest BCUT2D eigenvalue weighted by atomic mass is 16.7. The Morgan fingerprint density at radius 2 is 1.69 bits per heavy atom. The lowest BCUT2D eigenvalue weighted by Gasteiger charge is -2.34. The van der Waals surface area contributed by atoms with Crippen molar-refractivity contribution < 1.29 is 34.2 Å². The molecule has 11 heteroatoms. The Balaban J connectivity index is 1.79. The van der Waals surface area contributed by atoms with E-state index < -0.39 is 42.0 Å². The fraction of sp³-hybridized carbons (Fsp3) is 0.735. The summed E-state index contributed by atoms with van der Waals surface area (Å²) in [4.78, 5) is 48.0. The maximum atomic E-state index is 13.9. The van der Waals surface area contributed by atoms with Gasteiger partial charge in [0, 0.05) is 26.6 Å². The van der Waals surface area contributed by atoms with Gasteiger partial charge in [-0.25, -0.2) is 0 Å². The van der Waals surface area contributed by atoms with Crippen LogP contribution in [0.3, 0.4) is 0 Å². The predicted octanol–water partition coefficient (Wildman–Crippen LogP) is 2.30. The second-order valence-electron chi connectivity index (χ2n) is 13.2. The summed E-state index contributed by atoms with van der Waals surface area (Å²) in [5, 5.41) is 29.4. The molecule has 0 bridgehead atoms. The molecule has 0 radical (unpaired) electrons. The highest BCUT2D eigenvalue weighted by Crippen LogP contribution is 2.29. The van der Waals surface area contributed by atoms with Crippen molar-refractivity contribution in [1.82, 2.24) is 20.6 Å². The molecule has 45 heavy (non-hydrogen) atoms. The second kappa shape index (κ2) is 19.2. The van der Waals surface area contributed by atoms with Crippen LogP contribution >= 0.6 is 0 Å². The third kappa shape index (κ3) is 12.6. The molecule has 1 aliphatic carbocycles. The molecule has 1 aromatic carbocycles. The Hall–Kier alpha value is -2.57. The molecule has 11 nitrogen and oxygen atoms in total. The number of likely N-dealkylation sites (N-methyl/N-ethyl adjacent to an activating group) is 1. The third-order valence-corrected chi connectivity index (χ3v) is 9.02. The van der Waals surface area contributed by atoms with Crippen LogP contribution in [0.1, 0.15) is 70.8 Å². The largest absolute Gasteiger partial charge is 0.390 e. The summed E-state index contributed by atoms with van der Waals surface area (Å²) in [5.41, 5.74) is 0.914. The molecule has 0 aromatic heterocycles. The van der Waals surface area contributed by atoms with Crippen molar-refractivity contribution in [3.63, 3.8) is 0 Å². The monoisotopic (exact) mass is 632 g/mol. The van der Waals surface area contributed by atoms with E-state index >= 15 is 0 Å². The van der Waals surface area contributed by atoms with Crippen LogP contribution in [0.15, 0.2) is 30.3 Å². The van der Waals surface area contributed by atoms with Gasteiger partial charge in [0.15, 0.2) is 0 Å². The number of carbonyl (C=O) groups is 3. The number of amides is 3. The molecule has 4 N–H and O–H groups in total. The lowest BCUT2D eigenvalue weighted by atomic mass is 9.82. The molecular formula is C34H56N4O7. The van der Waals surface area contributed by atoms with Crippen LogP contribution in [0.25, 0.3) is 0 Å². The molecule has 0 unspecified atom stereocenters. The lowest BCUT2D eigenvalue weighted by Crippen LogP contribution is -2.58. The third-order valence-electron chi connectivity index (χ3n) is 9.02. The number of aliphatic hydroxyl groups is 2. The van der Waals surface area contributed by atoms with Crippen LogP contribution in [-0.4, -0.2) is 109 Å². The van der Waals surface area contributed by atoms with Gasteiger partial charge in [0.1, 0.15) is 12.1 Å². The number of benzene rings is 1. The van der Waals surface area contributed by atoms with E-state index in [1.807, 2.05) is 44.2 Å². The Kier molecular flexibility index (Phi) is 15.7. The molecule has 3 amide bonds. The number of hydrogen-bond donors (Lipinski definition) is 4. The molecule has 3 rings (SSSR count). The second-order valence-corrected chi connectivity index (χ2v) is 13.2. The van der Waals surface area contributed by atoms with Crippen LogP contribution in [0, 0.1) is 17.8 Å². The lowest BCUT2D eigenvalue weighted by molar-refractivity contribution is -0.143. The van der Waals surface area contributed by atoms with Crippen molar-refractivity contribution in [2.45, 2.75) is 95.9 Å². The van der Waals surface area contributed by atoms with Crippen LogP contribution in [0.5, 0.6) is 0 Å². The minimum atomic E-state index is -1.15. The van der Waals surface area contributed by atoms with E-state index in [-0.39, 0.29) is 24.8 Å². The van der Waals surface area contributed by atoms with Crippen molar-refractivity contribution >= 4 is 17.7 Å². The van der Waals surface area contributed by atoms with Gasteiger partial charge in [-0.05, 0) is 36.7 Å². The number of hydrogen-bond acceptors (Lipinski definition) is 8. The van der Waals surface area contributed by atoms with Gasteiger partial charge >= 0.3 is 0 Å². The van der Waals surface area contributed by atoms with E-state index in [0.29, 0.717) is 51.5 Å². The highest BCUT2D eigenvalue weighted by molar-refractivity contribution is 5.91. The van der Waals surface area contributed by atoms with Crippen molar-refractivity contribution in [3.05, 3.63) is 35.9 Å². The predicted molar refractivity (Wildman–Crippen MR) is 172 cm³/mol. The number of carbonyl (C=O) groups excluding carboxylic acids is 3. The fourth-order valence-corrected chi connectivity index (χ4v) is 6.36. The summed E-state index contributed by atoms with van der Waals surface area (Å²) in [6, 6.07) is 7.82. The Bertz CT molecular complexity index is 1030. The first kappa shape index (κ1) is 36.9. The highest BCUT2D eigenvalue weighted by Gasteiger charge is 2.35. The van der Waals surface area contributed by atoms with Crippen molar-refractivity contribution in [3.8, 4) is 0 Å². The number of nitrogens with one attached hydrogen (secondary N) is 2. The van der Waals surface area contributed by atoms with Crippen LogP contribution < -0.4 is 10.6 Å². The molecule has 1 heterocycles. The molecule has 5 atom stereocenters. The smallest absolute Gasteiger partial charge is 0.244 e. The van der Waals surface area contributed by atoms with Gasteiger partial charge in [0.05, 0.1) is 44.9 Å². The maximum Gasteiger partial charge on any atom is 0.244 e. The zero-order valence-corrected chi connectivity index (χ0v) is 27.7. The van der Waals surface area contributed by atoms with E-state index in [9.17, 15) is 24.6 Å². The number of hydroxylamine groups is 2. The van der Waals surface area contributed by atoms with Gasteiger partial charge < -0.3 is 35.3 Å². The molecule has 0 spiro atoms. The van der Waals surface area contributed by atoms with Crippen molar-refractivity contribution in [2.75, 3.05) is 47.0 Å². The van der Waals surface area contributed by atoms with Crippen LogP contribution in [-0.2, 0) is 30.4 Å². The minimum Gasteiger partial charge on any atom is -0.390 e. The number of aliphatic hydroxyl groups excluding tert-OH is 2. The van der Waals surface area contributed by atoms with Crippen LogP contribution in [0.4, 0.5) is 0 Å². The summed E-state index contributed by atoms with van der Waals surface area (Å²) in [6.45, 7) is 5.90. The van der Waals surface area contributed by atoms with E-state index in [1.165, 1.54) is 18.6 Å². The van der Waals surface area contributed by atoms with E-state index in [1.54, 1.807) is 11.9 Å². The zero-order valence-electron chi connectivity index (χ0n) is 27.7. The van der Waals surface area contributed by atoms with E-state index in [0.717, 1.165) is 31.2 Å². The molecule has 1 saturated carbocycles. The Morgan fingerprint density at radius 3 is 2.31 bits per heavy atom. The maximum absolute atomic E-state index is 13.9. The molecule has 1 saturated heterocycles. The van der Waals surface area contributed by atoms with Gasteiger partial charge in [-0.15, -0.1) is 0 Å². The molecule has 1 aromatic rings. The SMILES string of the molecule is CON(C)C[C@H](NC(=O)[C@@H](CC(=O)N1CCOCC1)Cc1ccccc1)C(=O)N[C@@H](CC1CCCCC1)[C@@H](O)[C@@H](O)CC(C)C. The Morgan fingerprint density at radius 1 is 1.02 bits per heavy atom. The van der Waals surface area contributed by atoms with Gasteiger partial charge in [0.25, 0.3) is 0 Å². The minimum absolute atomic E-state index is 0.000399. The first-order valence-corrected chi connectivity index (χ1v) is 16.7. The molecule has 2 aliphatic rings. The molecule has 1 aliphatic heterocycles. The summed E-state index contributed by atoms with van der Waals surface area (Å²) in [5.74, 6) is -1.20. The average Bonchev–Trinajstić information content (AvgIpc) is 3.04. The molecular weight excluding hydrogens is 576 g/mol. The van der Waals surface area contributed by atoms with E-state index in [2.05, 4.69) is 10.6 Å². The summed E-state index contributed by atoms with van der Waals surface area (Å²) in [6.07, 6.45) is 4.59. The van der Waals surface area contributed by atoms with Gasteiger partial charge in [0.2, 0.25) is 17.7 Å². The van der Waals surface area contributed by atoms with Crippen molar-refractivity contribution in [1.29, 1.82) is 0 Å². The average molecular weight is 633 g/mol. The summed E-state index contributed by atoms with van der Waals surface area (Å²) < 4.78 is 5.39. The topological polar surface area (TPSA) is 141 Å². The zero-order chi connectivity index (χ0) is 32.8.